The van der Waals surface area contributed by atoms with E-state index >= 15 is 0 Å². The molecule has 14 rings (SSSR count). The van der Waals surface area contributed by atoms with Crippen LogP contribution in [0.25, 0.3) is 71.3 Å². The minimum Gasteiger partial charge on any atom is -0.458 e. The van der Waals surface area contributed by atoms with Crippen LogP contribution in [0.4, 0.5) is 34.1 Å². The molecule has 0 saturated heterocycles. The number of anilines is 6. The van der Waals surface area contributed by atoms with Gasteiger partial charge in [0.15, 0.2) is 11.2 Å². The second kappa shape index (κ2) is 16.9. The van der Waals surface area contributed by atoms with Crippen LogP contribution in [-0.4, -0.2) is 0 Å². The van der Waals surface area contributed by atoms with Crippen LogP contribution in [0.15, 0.2) is 233 Å². The average Bonchev–Trinajstić information content (AvgIpc) is 4.08. The Labute approximate surface area is 431 Å². The number of hydrogen-bond acceptors (Lipinski definition) is 4. The number of benzene rings is 11. The van der Waals surface area contributed by atoms with E-state index in [1.807, 2.05) is 6.07 Å². The first-order chi connectivity index (χ1) is 36.2. The van der Waals surface area contributed by atoms with Crippen molar-refractivity contribution in [1.29, 1.82) is 0 Å². The predicted octanol–water partition coefficient (Wildman–Crippen LogP) is 19.8. The summed E-state index contributed by atoms with van der Waals surface area (Å²) in [6, 6.07) is 80.0. The molecule has 356 valence electrons. The van der Waals surface area contributed by atoms with Crippen molar-refractivity contribution in [2.24, 2.45) is 0 Å². The van der Waals surface area contributed by atoms with E-state index in [1.54, 1.807) is 0 Å². The number of aryl methyl sites for hydroxylation is 1. The van der Waals surface area contributed by atoms with E-state index in [4.69, 9.17) is 8.83 Å². The van der Waals surface area contributed by atoms with Crippen molar-refractivity contribution < 1.29 is 8.83 Å². The van der Waals surface area contributed by atoms with E-state index in [2.05, 4.69) is 262 Å². The summed E-state index contributed by atoms with van der Waals surface area (Å²) in [6.07, 6.45) is 6.38. The molecule has 4 heteroatoms. The molecule has 0 atom stereocenters. The Morgan fingerprint density at radius 2 is 0.824 bits per heavy atom. The first-order valence-corrected chi connectivity index (χ1v) is 26.0. The lowest BCUT2D eigenvalue weighted by Gasteiger charge is -2.31. The summed E-state index contributed by atoms with van der Waals surface area (Å²) in [5.74, 6) is 1.05. The van der Waals surface area contributed by atoms with Crippen LogP contribution in [0.3, 0.4) is 0 Å². The van der Waals surface area contributed by atoms with E-state index in [0.717, 1.165) is 96.4 Å². The summed E-state index contributed by atoms with van der Waals surface area (Å²) in [5.41, 5.74) is 14.8. The van der Waals surface area contributed by atoms with Crippen LogP contribution in [0.2, 0.25) is 0 Å². The lowest BCUT2D eigenvalue weighted by Crippen LogP contribution is -2.19. The number of hydrogen-bond donors (Lipinski definition) is 0. The molecule has 74 heavy (non-hydrogen) atoms. The number of para-hydroxylation sites is 3. The van der Waals surface area contributed by atoms with Gasteiger partial charge in [-0.1, -0.05) is 204 Å². The van der Waals surface area contributed by atoms with Gasteiger partial charge in [0, 0.05) is 61.1 Å². The molecule has 1 aliphatic carbocycles. The molecule has 0 N–H and O–H groups in total. The van der Waals surface area contributed by atoms with Gasteiger partial charge in [-0.05, 0) is 105 Å². The number of fused-ring (bicyclic) bond motifs is 6. The lowest BCUT2D eigenvalue weighted by atomic mass is 9.78. The number of allylic oxidation sites excluding steroid dienone is 1. The largest absolute Gasteiger partial charge is 0.458 e. The van der Waals surface area contributed by atoms with Crippen molar-refractivity contribution in [2.75, 3.05) is 9.80 Å². The van der Waals surface area contributed by atoms with Gasteiger partial charge in [0.05, 0.1) is 22.7 Å². The van der Waals surface area contributed by atoms with Gasteiger partial charge < -0.3 is 18.6 Å². The van der Waals surface area contributed by atoms with Gasteiger partial charge in [0.2, 0.25) is 0 Å². The highest BCUT2D eigenvalue weighted by molar-refractivity contribution is 6.28. The normalized spacial score (nSPS) is 13.0. The lowest BCUT2D eigenvalue weighted by molar-refractivity contribution is 0.546. The molecule has 0 bridgehead atoms. The molecular formula is C70H54N2O2. The maximum absolute atomic E-state index is 6.92. The minimum atomic E-state index is -0.193. The first kappa shape index (κ1) is 43.9. The van der Waals surface area contributed by atoms with Crippen LogP contribution in [0, 0.1) is 0 Å². The molecule has 1 aliphatic rings. The SMILES string of the molecule is CC(C)(c1ccccc1)c1ccc(N(c2ccc3ccc4c(N(c5ccc(C(C)(C)c6ccccc6)cc5)c5cccc6c5oc5ccccc56)ccc5ccc2c3c54)c2cccc3c4c(oc23)CCC=C4)cc1. The van der Waals surface area contributed by atoms with Gasteiger partial charge in [-0.25, -0.2) is 0 Å². The molecule has 0 saturated carbocycles. The second-order valence-corrected chi connectivity index (χ2v) is 21.1. The molecule has 0 radical (unpaired) electrons. The standard InChI is InChI=1S/C70H54N2O2/c1-69(2,47-17-7-5-8-18-47)49-33-37-51(38-34-49)71(61-25-15-23-55-53-21-11-13-27-63(53)73-67(55)61)59-43-31-45-30-42-58-60(44-32-46-29-41-57(59)65(45)66(46)58)72(62-26-16-24-56-54-22-12-14-28-64(54)74-68(56)62)52-39-35-50(36-40-52)70(3,4)48-19-9-6-10-20-48/h5-13,15-27,29-44H,14,28H2,1-4H3. The third-order valence-corrected chi connectivity index (χ3v) is 16.3. The summed E-state index contributed by atoms with van der Waals surface area (Å²) < 4.78 is 13.8. The number of nitrogens with zero attached hydrogens (tertiary/aromatic N) is 2. The Morgan fingerprint density at radius 1 is 0.365 bits per heavy atom. The fraction of sp³-hybridized carbons (Fsp3) is 0.114. The third kappa shape index (κ3) is 6.82. The molecule has 11 aromatic carbocycles. The highest BCUT2D eigenvalue weighted by atomic mass is 16.3. The Hall–Kier alpha value is -8.86. The van der Waals surface area contributed by atoms with Crippen molar-refractivity contribution in [2.45, 2.75) is 51.4 Å². The van der Waals surface area contributed by atoms with Crippen molar-refractivity contribution in [3.8, 4) is 0 Å². The van der Waals surface area contributed by atoms with Crippen LogP contribution in [0.5, 0.6) is 0 Å². The fourth-order valence-electron chi connectivity index (χ4n) is 12.1. The third-order valence-electron chi connectivity index (χ3n) is 16.3. The van der Waals surface area contributed by atoms with Gasteiger partial charge in [0.25, 0.3) is 0 Å². The van der Waals surface area contributed by atoms with Gasteiger partial charge in [-0.3, -0.25) is 0 Å². The van der Waals surface area contributed by atoms with E-state index in [0.29, 0.717) is 0 Å². The molecule has 0 unspecified atom stereocenters. The van der Waals surface area contributed by atoms with E-state index < -0.39 is 0 Å². The van der Waals surface area contributed by atoms with Gasteiger partial charge in [-0.2, -0.15) is 0 Å². The van der Waals surface area contributed by atoms with E-state index in [-0.39, 0.29) is 10.8 Å². The maximum Gasteiger partial charge on any atom is 0.159 e. The number of rotatable bonds is 10. The number of furan rings is 2. The summed E-state index contributed by atoms with van der Waals surface area (Å²) >= 11 is 0. The highest BCUT2D eigenvalue weighted by Gasteiger charge is 2.29. The molecule has 0 aliphatic heterocycles. The molecule has 2 heterocycles. The predicted molar refractivity (Wildman–Crippen MR) is 311 cm³/mol. The first-order valence-electron chi connectivity index (χ1n) is 26.0. The van der Waals surface area contributed by atoms with Gasteiger partial charge in [-0.15, -0.1) is 0 Å². The summed E-state index contributed by atoms with van der Waals surface area (Å²) in [7, 11) is 0. The molecule has 4 nitrogen and oxygen atoms in total. The summed E-state index contributed by atoms with van der Waals surface area (Å²) in [4.78, 5) is 4.84. The van der Waals surface area contributed by atoms with Crippen molar-refractivity contribution >= 4 is 105 Å². The molecule has 13 aromatic rings. The van der Waals surface area contributed by atoms with E-state index in [9.17, 15) is 0 Å². The Balaban J connectivity index is 0.983. The fourth-order valence-corrected chi connectivity index (χ4v) is 12.1. The smallest absolute Gasteiger partial charge is 0.159 e. The van der Waals surface area contributed by atoms with E-state index in [1.165, 1.54) is 49.4 Å². The van der Waals surface area contributed by atoms with Crippen molar-refractivity contribution in [3.05, 3.63) is 258 Å². The quantitative estimate of drug-likeness (QED) is 0.128. The Kier molecular flexibility index (Phi) is 10.0. The Morgan fingerprint density at radius 3 is 1.38 bits per heavy atom. The van der Waals surface area contributed by atoms with Crippen LogP contribution < -0.4 is 9.80 Å². The zero-order chi connectivity index (χ0) is 49.7. The van der Waals surface area contributed by atoms with Gasteiger partial charge in [0.1, 0.15) is 11.3 Å². The minimum absolute atomic E-state index is 0.188. The van der Waals surface area contributed by atoms with Crippen molar-refractivity contribution in [1.82, 2.24) is 0 Å². The molecule has 0 amide bonds. The molecular weight excluding hydrogens is 901 g/mol. The summed E-state index contributed by atoms with van der Waals surface area (Å²) in [6.45, 7) is 9.24. The molecule has 0 fully saturated rings. The Bertz CT molecular complexity index is 4290. The van der Waals surface area contributed by atoms with Crippen LogP contribution >= 0.6 is 0 Å². The van der Waals surface area contributed by atoms with Crippen molar-refractivity contribution in [3.63, 3.8) is 0 Å². The zero-order valence-electron chi connectivity index (χ0n) is 42.1. The average molecular weight is 955 g/mol. The molecule has 0 spiro atoms. The highest BCUT2D eigenvalue weighted by Crippen LogP contribution is 2.51. The topological polar surface area (TPSA) is 32.8 Å². The second-order valence-electron chi connectivity index (χ2n) is 21.1. The zero-order valence-corrected chi connectivity index (χ0v) is 42.1. The van der Waals surface area contributed by atoms with Crippen LogP contribution in [-0.2, 0) is 17.3 Å². The summed E-state index contributed by atoms with van der Waals surface area (Å²) in [5, 5.41) is 10.5. The van der Waals surface area contributed by atoms with Gasteiger partial charge >= 0.3 is 0 Å². The molecule has 2 aromatic heterocycles. The monoisotopic (exact) mass is 954 g/mol. The van der Waals surface area contributed by atoms with Crippen LogP contribution in [0.1, 0.15) is 67.7 Å². The maximum atomic E-state index is 6.92.